The zero-order valence-electron chi connectivity index (χ0n) is 8.40. The molecule has 0 saturated carbocycles. The van der Waals surface area contributed by atoms with Gasteiger partial charge in [-0.25, -0.2) is 0 Å². The maximum atomic E-state index is 9.92. The van der Waals surface area contributed by atoms with Gasteiger partial charge < -0.3 is 5.11 Å². The highest BCUT2D eigenvalue weighted by atomic mass is 16.3. The Morgan fingerprint density at radius 1 is 1.23 bits per heavy atom. The predicted octanol–water partition coefficient (Wildman–Crippen LogP) is 3.16. The Morgan fingerprint density at radius 2 is 1.85 bits per heavy atom. The molecular weight excluding hydrogens is 160 g/mol. The number of hydrogen-bond acceptors (Lipinski definition) is 1. The minimum atomic E-state index is -0.304. The van der Waals surface area contributed by atoms with Crippen LogP contribution in [-0.4, -0.2) is 5.11 Å². The molecule has 13 heavy (non-hydrogen) atoms. The van der Waals surface area contributed by atoms with E-state index in [0.29, 0.717) is 5.92 Å². The summed E-state index contributed by atoms with van der Waals surface area (Å²) >= 11 is 0. The Bertz CT molecular complexity index is 230. The van der Waals surface area contributed by atoms with Crippen LogP contribution in [-0.2, 0) is 0 Å². The summed E-state index contributed by atoms with van der Waals surface area (Å²) < 4.78 is 0. The van der Waals surface area contributed by atoms with Crippen molar-refractivity contribution < 1.29 is 5.11 Å². The average molecular weight is 178 g/mol. The van der Waals surface area contributed by atoms with Crippen LogP contribution in [0.15, 0.2) is 30.3 Å². The third-order valence-corrected chi connectivity index (χ3v) is 2.42. The third kappa shape index (κ3) is 2.85. The van der Waals surface area contributed by atoms with Crippen LogP contribution in [0.3, 0.4) is 0 Å². The minimum Gasteiger partial charge on any atom is -0.388 e. The summed E-state index contributed by atoms with van der Waals surface area (Å²) in [4.78, 5) is 0. The van der Waals surface area contributed by atoms with Crippen LogP contribution in [0.5, 0.6) is 0 Å². The van der Waals surface area contributed by atoms with Gasteiger partial charge in [-0.1, -0.05) is 50.6 Å². The summed E-state index contributed by atoms with van der Waals surface area (Å²) in [6, 6.07) is 9.88. The van der Waals surface area contributed by atoms with E-state index in [1.165, 1.54) is 0 Å². The molecule has 1 N–H and O–H groups in total. The van der Waals surface area contributed by atoms with E-state index in [4.69, 9.17) is 0 Å². The van der Waals surface area contributed by atoms with Gasteiger partial charge in [-0.3, -0.25) is 0 Å². The van der Waals surface area contributed by atoms with Crippen molar-refractivity contribution in [3.05, 3.63) is 35.9 Å². The van der Waals surface area contributed by atoms with Crippen molar-refractivity contribution in [3.8, 4) is 0 Å². The molecule has 0 saturated heterocycles. The number of aliphatic hydroxyl groups excluding tert-OH is 1. The van der Waals surface area contributed by atoms with E-state index < -0.39 is 0 Å². The lowest BCUT2D eigenvalue weighted by Crippen LogP contribution is -2.08. The van der Waals surface area contributed by atoms with E-state index in [2.05, 4.69) is 13.8 Å². The van der Waals surface area contributed by atoms with E-state index in [-0.39, 0.29) is 6.10 Å². The van der Waals surface area contributed by atoms with Crippen molar-refractivity contribution in [2.75, 3.05) is 0 Å². The zero-order valence-corrected chi connectivity index (χ0v) is 8.40. The molecule has 1 unspecified atom stereocenters. The highest BCUT2D eigenvalue weighted by molar-refractivity contribution is 5.17. The lowest BCUT2D eigenvalue weighted by atomic mass is 9.94. The van der Waals surface area contributed by atoms with Crippen LogP contribution in [0.25, 0.3) is 0 Å². The molecule has 0 aromatic heterocycles. The molecule has 72 valence electrons. The normalized spacial score (nSPS) is 15.3. The average Bonchev–Trinajstić information content (AvgIpc) is 2.18. The monoisotopic (exact) mass is 178 g/mol. The van der Waals surface area contributed by atoms with Gasteiger partial charge in [0.15, 0.2) is 0 Å². The van der Waals surface area contributed by atoms with Crippen molar-refractivity contribution in [2.45, 2.75) is 32.8 Å². The van der Waals surface area contributed by atoms with Crippen LogP contribution < -0.4 is 0 Å². The molecule has 0 aliphatic rings. The number of hydrogen-bond donors (Lipinski definition) is 1. The highest BCUT2D eigenvalue weighted by Crippen LogP contribution is 2.24. The largest absolute Gasteiger partial charge is 0.388 e. The summed E-state index contributed by atoms with van der Waals surface area (Å²) in [5, 5.41) is 9.92. The summed E-state index contributed by atoms with van der Waals surface area (Å²) in [6.45, 7) is 4.25. The second kappa shape index (κ2) is 5.03. The molecule has 1 aromatic carbocycles. The Morgan fingerprint density at radius 3 is 2.38 bits per heavy atom. The molecule has 2 atom stereocenters. The number of aliphatic hydroxyl groups is 1. The summed E-state index contributed by atoms with van der Waals surface area (Å²) in [5.74, 6) is 0.354. The quantitative estimate of drug-likeness (QED) is 0.751. The first-order chi connectivity index (χ1) is 6.25. The van der Waals surface area contributed by atoms with E-state index in [1.54, 1.807) is 0 Å². The fourth-order valence-electron chi connectivity index (χ4n) is 1.59. The molecule has 0 aliphatic heterocycles. The minimum absolute atomic E-state index is 0.304. The topological polar surface area (TPSA) is 20.2 Å². The summed E-state index contributed by atoms with van der Waals surface area (Å²) in [5.41, 5.74) is 1.03. The molecule has 0 radical (unpaired) electrons. The fourth-order valence-corrected chi connectivity index (χ4v) is 1.59. The van der Waals surface area contributed by atoms with Gasteiger partial charge in [0.25, 0.3) is 0 Å². The van der Waals surface area contributed by atoms with Crippen LogP contribution in [0.1, 0.15) is 38.4 Å². The van der Waals surface area contributed by atoms with Crippen molar-refractivity contribution >= 4 is 0 Å². The zero-order chi connectivity index (χ0) is 9.68. The van der Waals surface area contributed by atoms with Crippen LogP contribution in [0, 0.1) is 5.92 Å². The third-order valence-electron chi connectivity index (χ3n) is 2.42. The van der Waals surface area contributed by atoms with E-state index in [9.17, 15) is 5.11 Å². The molecule has 1 aromatic rings. The Kier molecular flexibility index (Phi) is 3.97. The molecule has 1 nitrogen and oxygen atoms in total. The Labute approximate surface area is 80.4 Å². The van der Waals surface area contributed by atoms with Gasteiger partial charge in [-0.15, -0.1) is 0 Å². The van der Waals surface area contributed by atoms with Crippen molar-refractivity contribution in [3.63, 3.8) is 0 Å². The van der Waals surface area contributed by atoms with Crippen molar-refractivity contribution in [1.82, 2.24) is 0 Å². The second-order valence-corrected chi connectivity index (χ2v) is 3.62. The number of benzene rings is 1. The first-order valence-electron chi connectivity index (χ1n) is 4.98. The van der Waals surface area contributed by atoms with Crippen LogP contribution >= 0.6 is 0 Å². The smallest absolute Gasteiger partial charge is 0.0815 e. The molecule has 0 spiro atoms. The maximum Gasteiger partial charge on any atom is 0.0815 e. The van der Waals surface area contributed by atoms with E-state index >= 15 is 0 Å². The predicted molar refractivity (Wildman–Crippen MR) is 55.5 cm³/mol. The van der Waals surface area contributed by atoms with Crippen LogP contribution in [0.2, 0.25) is 0 Å². The lowest BCUT2D eigenvalue weighted by molar-refractivity contribution is 0.112. The molecule has 0 heterocycles. The number of rotatable bonds is 4. The molecule has 0 bridgehead atoms. The van der Waals surface area contributed by atoms with Crippen LogP contribution in [0.4, 0.5) is 0 Å². The SMILES string of the molecule is CCCC(C)[C@H](O)c1ccccc1. The first kappa shape index (κ1) is 10.3. The standard InChI is InChI=1S/C12H18O/c1-3-7-10(2)12(13)11-8-5-4-6-9-11/h4-6,8-10,12-13H,3,7H2,1-2H3/t10?,12-/m0/s1. The Balaban J connectivity index is 2.62. The lowest BCUT2D eigenvalue weighted by Gasteiger charge is -2.18. The first-order valence-corrected chi connectivity index (χ1v) is 4.98. The van der Waals surface area contributed by atoms with Gasteiger partial charge in [0, 0.05) is 0 Å². The van der Waals surface area contributed by atoms with Gasteiger partial charge in [-0.2, -0.15) is 0 Å². The van der Waals surface area contributed by atoms with Gasteiger partial charge in [-0.05, 0) is 17.9 Å². The second-order valence-electron chi connectivity index (χ2n) is 3.62. The maximum absolute atomic E-state index is 9.92. The molecule has 0 amide bonds. The van der Waals surface area contributed by atoms with Crippen molar-refractivity contribution in [2.24, 2.45) is 5.92 Å². The molecule has 1 rings (SSSR count). The van der Waals surface area contributed by atoms with E-state index in [0.717, 1.165) is 18.4 Å². The van der Waals surface area contributed by atoms with Gasteiger partial charge >= 0.3 is 0 Å². The summed E-state index contributed by atoms with van der Waals surface area (Å²) in [6.07, 6.45) is 1.90. The Hall–Kier alpha value is -0.820. The van der Waals surface area contributed by atoms with Gasteiger partial charge in [0.1, 0.15) is 0 Å². The molecule has 0 fully saturated rings. The highest BCUT2D eigenvalue weighted by Gasteiger charge is 2.14. The molecule has 1 heteroatoms. The molecular formula is C12H18O. The molecule has 0 aliphatic carbocycles. The van der Waals surface area contributed by atoms with Gasteiger partial charge in [0.2, 0.25) is 0 Å². The summed E-state index contributed by atoms with van der Waals surface area (Å²) in [7, 11) is 0. The van der Waals surface area contributed by atoms with Crippen molar-refractivity contribution in [1.29, 1.82) is 0 Å². The van der Waals surface area contributed by atoms with Gasteiger partial charge in [0.05, 0.1) is 6.10 Å². The fraction of sp³-hybridized carbons (Fsp3) is 0.500. The van der Waals surface area contributed by atoms with E-state index in [1.807, 2.05) is 30.3 Å².